The standard InChI is InChI=1S/C18H20Cl2N4O2/c1-24(2)9-3-7-22-17(25)12-6-8-21-16(10-12)18(26)23-15-5-4-13(19)11-14(15)20/h4-6,8,10-11H,3,7,9H2,1-2H3,(H,22,25)(H,23,26). The normalized spacial score (nSPS) is 10.7. The molecule has 1 aromatic heterocycles. The molecule has 1 heterocycles. The van der Waals surface area contributed by atoms with Crippen molar-refractivity contribution in [2.45, 2.75) is 6.42 Å². The summed E-state index contributed by atoms with van der Waals surface area (Å²) in [4.78, 5) is 30.6. The van der Waals surface area contributed by atoms with Crippen LogP contribution in [0.15, 0.2) is 36.5 Å². The zero-order valence-corrected chi connectivity index (χ0v) is 16.1. The minimum Gasteiger partial charge on any atom is -0.352 e. The molecule has 8 heteroatoms. The minimum absolute atomic E-state index is 0.122. The van der Waals surface area contributed by atoms with Crippen molar-refractivity contribution in [3.63, 3.8) is 0 Å². The summed E-state index contributed by atoms with van der Waals surface area (Å²) in [5.41, 5.74) is 0.913. The second kappa shape index (κ2) is 9.52. The maximum absolute atomic E-state index is 12.4. The van der Waals surface area contributed by atoms with Crippen LogP contribution < -0.4 is 10.6 Å². The zero-order valence-electron chi connectivity index (χ0n) is 14.6. The van der Waals surface area contributed by atoms with Crippen LogP contribution in [0.25, 0.3) is 0 Å². The van der Waals surface area contributed by atoms with Crippen LogP contribution in [0, 0.1) is 0 Å². The van der Waals surface area contributed by atoms with E-state index >= 15 is 0 Å². The number of anilines is 1. The topological polar surface area (TPSA) is 74.3 Å². The smallest absolute Gasteiger partial charge is 0.274 e. The Hall–Kier alpha value is -2.15. The first-order chi connectivity index (χ1) is 12.4. The number of carbonyl (C=O) groups excluding carboxylic acids is 2. The Kier molecular flexibility index (Phi) is 7.38. The van der Waals surface area contributed by atoms with E-state index in [4.69, 9.17) is 23.2 Å². The summed E-state index contributed by atoms with van der Waals surface area (Å²) in [5, 5.41) is 6.27. The molecule has 0 bridgehead atoms. The number of hydrogen-bond donors (Lipinski definition) is 2. The first-order valence-corrected chi connectivity index (χ1v) is 8.78. The molecule has 26 heavy (non-hydrogen) atoms. The summed E-state index contributed by atoms with van der Waals surface area (Å²) < 4.78 is 0. The lowest BCUT2D eigenvalue weighted by Gasteiger charge is -2.10. The summed E-state index contributed by atoms with van der Waals surface area (Å²) >= 11 is 11.9. The van der Waals surface area contributed by atoms with E-state index in [0.29, 0.717) is 27.8 Å². The zero-order chi connectivity index (χ0) is 19.1. The lowest BCUT2D eigenvalue weighted by atomic mass is 10.2. The Balaban J connectivity index is 2.01. The highest BCUT2D eigenvalue weighted by molar-refractivity contribution is 6.36. The number of hydrogen-bond acceptors (Lipinski definition) is 4. The summed E-state index contributed by atoms with van der Waals surface area (Å²) in [6.07, 6.45) is 2.26. The van der Waals surface area contributed by atoms with Crippen molar-refractivity contribution >= 4 is 40.7 Å². The Morgan fingerprint density at radius 2 is 1.88 bits per heavy atom. The molecule has 2 N–H and O–H groups in total. The molecule has 0 saturated heterocycles. The minimum atomic E-state index is -0.462. The number of pyridine rings is 1. The van der Waals surface area contributed by atoms with E-state index in [1.807, 2.05) is 19.0 Å². The molecule has 138 valence electrons. The summed E-state index contributed by atoms with van der Waals surface area (Å²) in [6.45, 7) is 1.44. The molecule has 2 amide bonds. The molecule has 0 spiro atoms. The van der Waals surface area contributed by atoms with Crippen LogP contribution in [0.1, 0.15) is 27.3 Å². The largest absolute Gasteiger partial charge is 0.352 e. The van der Waals surface area contributed by atoms with Gasteiger partial charge in [0.05, 0.1) is 10.7 Å². The SMILES string of the molecule is CN(C)CCCNC(=O)c1ccnc(C(=O)Nc2ccc(Cl)cc2Cl)c1. The van der Waals surface area contributed by atoms with Gasteiger partial charge in [0.1, 0.15) is 5.69 Å². The van der Waals surface area contributed by atoms with Crippen LogP contribution in [0.3, 0.4) is 0 Å². The first kappa shape index (κ1) is 20.2. The first-order valence-electron chi connectivity index (χ1n) is 8.02. The average molecular weight is 395 g/mol. The number of benzene rings is 1. The van der Waals surface area contributed by atoms with E-state index in [1.54, 1.807) is 18.2 Å². The van der Waals surface area contributed by atoms with Crippen LogP contribution in [-0.2, 0) is 0 Å². The molecule has 0 radical (unpaired) electrons. The van der Waals surface area contributed by atoms with E-state index in [9.17, 15) is 9.59 Å². The van der Waals surface area contributed by atoms with E-state index in [-0.39, 0.29) is 11.6 Å². The lowest BCUT2D eigenvalue weighted by molar-refractivity contribution is 0.0952. The van der Waals surface area contributed by atoms with Crippen molar-refractivity contribution in [2.24, 2.45) is 0 Å². The highest BCUT2D eigenvalue weighted by Gasteiger charge is 2.13. The molecule has 6 nitrogen and oxygen atoms in total. The summed E-state index contributed by atoms with van der Waals surface area (Å²) in [6, 6.07) is 7.76. The molecule has 0 fully saturated rings. The number of nitrogens with one attached hydrogen (secondary N) is 2. The molecule has 2 aromatic rings. The van der Waals surface area contributed by atoms with Crippen LogP contribution in [-0.4, -0.2) is 48.9 Å². The third kappa shape index (κ3) is 5.98. The van der Waals surface area contributed by atoms with Crippen LogP contribution >= 0.6 is 23.2 Å². The van der Waals surface area contributed by atoms with Gasteiger partial charge in [-0.25, -0.2) is 0 Å². The predicted molar refractivity (Wildman–Crippen MR) is 104 cm³/mol. The number of rotatable bonds is 7. The molecule has 0 saturated carbocycles. The maximum Gasteiger partial charge on any atom is 0.274 e. The van der Waals surface area contributed by atoms with Gasteiger partial charge >= 0.3 is 0 Å². The molecular weight excluding hydrogens is 375 g/mol. The fraction of sp³-hybridized carbons (Fsp3) is 0.278. The van der Waals surface area contributed by atoms with Gasteiger partial charge in [-0.3, -0.25) is 14.6 Å². The van der Waals surface area contributed by atoms with E-state index in [2.05, 4.69) is 15.6 Å². The number of carbonyl (C=O) groups is 2. The van der Waals surface area contributed by atoms with Crippen LogP contribution in [0.5, 0.6) is 0 Å². The predicted octanol–water partition coefficient (Wildman–Crippen LogP) is 3.32. The molecule has 0 unspecified atom stereocenters. The second-order valence-corrected chi connectivity index (χ2v) is 6.76. The second-order valence-electron chi connectivity index (χ2n) is 5.92. The van der Waals surface area contributed by atoms with Crippen molar-refractivity contribution in [1.82, 2.24) is 15.2 Å². The van der Waals surface area contributed by atoms with Crippen molar-refractivity contribution in [3.8, 4) is 0 Å². The molecule has 2 rings (SSSR count). The molecule has 1 aromatic carbocycles. The number of amides is 2. The number of aromatic nitrogens is 1. The fourth-order valence-electron chi connectivity index (χ4n) is 2.17. The van der Waals surface area contributed by atoms with Gasteiger partial charge in [-0.15, -0.1) is 0 Å². The molecule has 0 aliphatic heterocycles. The average Bonchev–Trinajstić information content (AvgIpc) is 2.60. The summed E-state index contributed by atoms with van der Waals surface area (Å²) in [7, 11) is 3.95. The third-order valence-electron chi connectivity index (χ3n) is 3.50. The van der Waals surface area contributed by atoms with Gasteiger partial charge in [0.2, 0.25) is 0 Å². The van der Waals surface area contributed by atoms with Crippen molar-refractivity contribution < 1.29 is 9.59 Å². The quantitative estimate of drug-likeness (QED) is 0.706. The maximum atomic E-state index is 12.4. The third-order valence-corrected chi connectivity index (χ3v) is 4.05. The monoisotopic (exact) mass is 394 g/mol. The number of halogens is 2. The molecule has 0 aliphatic rings. The van der Waals surface area contributed by atoms with Gasteiger partial charge < -0.3 is 15.5 Å². The number of nitrogens with zero attached hydrogens (tertiary/aromatic N) is 2. The van der Waals surface area contributed by atoms with Crippen LogP contribution in [0.4, 0.5) is 5.69 Å². The van der Waals surface area contributed by atoms with Gasteiger partial charge in [-0.2, -0.15) is 0 Å². The molecular formula is C18H20Cl2N4O2. The van der Waals surface area contributed by atoms with E-state index in [1.165, 1.54) is 18.3 Å². The van der Waals surface area contributed by atoms with Crippen molar-refractivity contribution in [2.75, 3.05) is 32.5 Å². The highest BCUT2D eigenvalue weighted by atomic mass is 35.5. The van der Waals surface area contributed by atoms with Gasteiger partial charge in [-0.1, -0.05) is 23.2 Å². The van der Waals surface area contributed by atoms with Crippen molar-refractivity contribution in [1.29, 1.82) is 0 Å². The Labute approximate surface area is 162 Å². The fourth-order valence-corrected chi connectivity index (χ4v) is 2.63. The van der Waals surface area contributed by atoms with Gasteiger partial charge in [0, 0.05) is 23.3 Å². The molecule has 0 aliphatic carbocycles. The van der Waals surface area contributed by atoms with E-state index < -0.39 is 5.91 Å². The Morgan fingerprint density at radius 1 is 1.12 bits per heavy atom. The Bertz CT molecular complexity index is 797. The molecule has 0 atom stereocenters. The highest BCUT2D eigenvalue weighted by Crippen LogP contribution is 2.25. The van der Waals surface area contributed by atoms with Gasteiger partial charge in [0.25, 0.3) is 11.8 Å². The Morgan fingerprint density at radius 3 is 2.58 bits per heavy atom. The van der Waals surface area contributed by atoms with Crippen molar-refractivity contribution in [3.05, 3.63) is 57.8 Å². The lowest BCUT2D eigenvalue weighted by Crippen LogP contribution is -2.27. The van der Waals surface area contributed by atoms with E-state index in [0.717, 1.165) is 13.0 Å². The van der Waals surface area contributed by atoms with Gasteiger partial charge in [0.15, 0.2) is 0 Å². The summed E-state index contributed by atoms with van der Waals surface area (Å²) in [5.74, 6) is -0.707. The van der Waals surface area contributed by atoms with Crippen LogP contribution in [0.2, 0.25) is 10.0 Å². The van der Waals surface area contributed by atoms with Gasteiger partial charge in [-0.05, 0) is 57.4 Å².